The highest BCUT2D eigenvalue weighted by atomic mass is 35.5. The monoisotopic (exact) mass is 253 g/mol. The highest BCUT2D eigenvalue weighted by Gasteiger charge is 2.31. The first-order valence-corrected chi connectivity index (χ1v) is 5.74. The van der Waals surface area contributed by atoms with Gasteiger partial charge in [0.15, 0.2) is 18.2 Å². The number of ether oxygens (including phenoxy) is 2. The predicted octanol–water partition coefficient (Wildman–Crippen LogP) is 2.32. The summed E-state index contributed by atoms with van der Waals surface area (Å²) in [6, 6.07) is 0. The Morgan fingerprint density at radius 2 is 2.12 bits per heavy atom. The van der Waals surface area contributed by atoms with Crippen molar-refractivity contribution in [3.05, 3.63) is 22.6 Å². The lowest BCUT2D eigenvalue weighted by molar-refractivity contribution is -0.382. The number of aromatic nitrogens is 3. The standard InChI is InChI=1S/C11H12ClN3O2/c1-5-14-9-8(12)7(11-16-6(2)17-11)4-13-10(9)15(5)3/h4,6,11H,1-3H3. The number of hydrogen-bond donors (Lipinski definition) is 0. The molecule has 0 atom stereocenters. The van der Waals surface area contributed by atoms with Crippen LogP contribution in [0.15, 0.2) is 6.20 Å². The lowest BCUT2D eigenvalue weighted by atomic mass is 10.2. The van der Waals surface area contributed by atoms with Crippen molar-refractivity contribution < 1.29 is 9.47 Å². The molecule has 0 bridgehead atoms. The normalized spacial score (nSPS) is 24.0. The van der Waals surface area contributed by atoms with Gasteiger partial charge >= 0.3 is 0 Å². The molecule has 90 valence electrons. The molecule has 6 heteroatoms. The van der Waals surface area contributed by atoms with Gasteiger partial charge < -0.3 is 14.0 Å². The van der Waals surface area contributed by atoms with Crippen LogP contribution in [0.5, 0.6) is 0 Å². The summed E-state index contributed by atoms with van der Waals surface area (Å²) in [5.41, 5.74) is 2.19. The van der Waals surface area contributed by atoms with E-state index in [-0.39, 0.29) is 6.29 Å². The number of halogens is 1. The minimum Gasteiger partial charge on any atom is -0.319 e. The van der Waals surface area contributed by atoms with E-state index in [1.54, 1.807) is 6.20 Å². The lowest BCUT2D eigenvalue weighted by Crippen LogP contribution is -2.31. The maximum absolute atomic E-state index is 6.31. The summed E-state index contributed by atoms with van der Waals surface area (Å²) in [6.07, 6.45) is 1.08. The van der Waals surface area contributed by atoms with E-state index in [1.165, 1.54) is 0 Å². The molecule has 0 N–H and O–H groups in total. The van der Waals surface area contributed by atoms with Gasteiger partial charge in [-0.3, -0.25) is 0 Å². The van der Waals surface area contributed by atoms with E-state index in [1.807, 2.05) is 25.5 Å². The van der Waals surface area contributed by atoms with Gasteiger partial charge in [0.25, 0.3) is 0 Å². The average molecular weight is 254 g/mol. The molecule has 17 heavy (non-hydrogen) atoms. The molecule has 0 amide bonds. The number of rotatable bonds is 1. The van der Waals surface area contributed by atoms with E-state index in [4.69, 9.17) is 21.1 Å². The van der Waals surface area contributed by atoms with Crippen LogP contribution in [0, 0.1) is 6.92 Å². The van der Waals surface area contributed by atoms with E-state index in [0.717, 1.165) is 17.0 Å². The molecule has 2 aromatic rings. The maximum atomic E-state index is 6.31. The second-order valence-corrected chi connectivity index (χ2v) is 4.47. The summed E-state index contributed by atoms with van der Waals surface area (Å²) in [5, 5.41) is 0.551. The Kier molecular flexibility index (Phi) is 2.36. The van der Waals surface area contributed by atoms with Crippen LogP contribution in [0.2, 0.25) is 5.02 Å². The van der Waals surface area contributed by atoms with Gasteiger partial charge in [0.2, 0.25) is 0 Å². The largest absolute Gasteiger partial charge is 0.319 e. The van der Waals surface area contributed by atoms with Crippen LogP contribution < -0.4 is 0 Å². The van der Waals surface area contributed by atoms with Crippen molar-refractivity contribution in [2.75, 3.05) is 0 Å². The second-order valence-electron chi connectivity index (χ2n) is 4.09. The maximum Gasteiger partial charge on any atom is 0.192 e. The number of hydrogen-bond acceptors (Lipinski definition) is 4. The summed E-state index contributed by atoms with van der Waals surface area (Å²) < 4.78 is 12.7. The third kappa shape index (κ3) is 1.54. The van der Waals surface area contributed by atoms with Gasteiger partial charge in [0, 0.05) is 18.8 Å². The molecule has 0 spiro atoms. The van der Waals surface area contributed by atoms with Crippen LogP contribution in [-0.4, -0.2) is 20.8 Å². The van der Waals surface area contributed by atoms with Crippen molar-refractivity contribution in [1.29, 1.82) is 0 Å². The zero-order chi connectivity index (χ0) is 12.2. The molecular weight excluding hydrogens is 242 g/mol. The van der Waals surface area contributed by atoms with Gasteiger partial charge in [-0.05, 0) is 13.8 Å². The zero-order valence-corrected chi connectivity index (χ0v) is 10.5. The van der Waals surface area contributed by atoms with E-state index in [2.05, 4.69) is 9.97 Å². The fraction of sp³-hybridized carbons (Fsp3) is 0.455. The highest BCUT2D eigenvalue weighted by molar-refractivity contribution is 6.35. The van der Waals surface area contributed by atoms with Gasteiger partial charge in [0.05, 0.1) is 5.02 Å². The first-order chi connectivity index (χ1) is 8.08. The van der Waals surface area contributed by atoms with E-state index < -0.39 is 6.29 Å². The Morgan fingerprint density at radius 3 is 2.76 bits per heavy atom. The number of fused-ring (bicyclic) bond motifs is 1. The summed E-state index contributed by atoms with van der Waals surface area (Å²) in [5.74, 6) is 0.871. The SMILES string of the molecule is Cc1nc2c(Cl)c(C3OC(C)O3)cnc2n1C. The van der Waals surface area contributed by atoms with Crippen molar-refractivity contribution in [3.63, 3.8) is 0 Å². The fourth-order valence-electron chi connectivity index (χ4n) is 1.89. The number of pyridine rings is 1. The van der Waals surface area contributed by atoms with Crippen LogP contribution in [0.3, 0.4) is 0 Å². The van der Waals surface area contributed by atoms with Crippen LogP contribution in [0.1, 0.15) is 24.6 Å². The molecule has 3 rings (SSSR count). The molecule has 0 unspecified atom stereocenters. The Bertz CT molecular complexity index is 590. The molecule has 0 aliphatic carbocycles. The molecule has 0 aromatic carbocycles. The Balaban J connectivity index is 2.13. The molecule has 1 aliphatic rings. The smallest absolute Gasteiger partial charge is 0.192 e. The highest BCUT2D eigenvalue weighted by Crippen LogP contribution is 2.37. The molecular formula is C11H12ClN3O2. The fourth-order valence-corrected chi connectivity index (χ4v) is 2.15. The average Bonchev–Trinajstić information content (AvgIpc) is 2.54. The van der Waals surface area contributed by atoms with Gasteiger partial charge in [-0.1, -0.05) is 11.6 Å². The quantitative estimate of drug-likeness (QED) is 0.783. The number of nitrogens with zero attached hydrogens (tertiary/aromatic N) is 3. The van der Waals surface area contributed by atoms with Crippen molar-refractivity contribution >= 4 is 22.8 Å². The summed E-state index contributed by atoms with van der Waals surface area (Å²) in [6.45, 7) is 3.75. The number of imidazole rings is 1. The molecule has 2 aromatic heterocycles. The van der Waals surface area contributed by atoms with Crippen LogP contribution in [0.25, 0.3) is 11.2 Å². The minimum absolute atomic E-state index is 0.183. The molecule has 0 radical (unpaired) electrons. The van der Waals surface area contributed by atoms with E-state index in [0.29, 0.717) is 10.5 Å². The number of aryl methyl sites for hydroxylation is 2. The molecule has 1 fully saturated rings. The topological polar surface area (TPSA) is 49.2 Å². The molecule has 3 heterocycles. The Labute approximate surface area is 103 Å². The lowest BCUT2D eigenvalue weighted by Gasteiger charge is -2.34. The van der Waals surface area contributed by atoms with Gasteiger partial charge in [-0.25, -0.2) is 9.97 Å². The van der Waals surface area contributed by atoms with Crippen LogP contribution >= 0.6 is 11.6 Å². The molecule has 1 saturated heterocycles. The Morgan fingerprint density at radius 1 is 1.41 bits per heavy atom. The van der Waals surface area contributed by atoms with Gasteiger partial charge in [-0.15, -0.1) is 0 Å². The summed E-state index contributed by atoms with van der Waals surface area (Å²) in [7, 11) is 1.91. The van der Waals surface area contributed by atoms with Gasteiger partial charge in [0.1, 0.15) is 11.3 Å². The van der Waals surface area contributed by atoms with E-state index in [9.17, 15) is 0 Å². The van der Waals surface area contributed by atoms with Crippen LogP contribution in [-0.2, 0) is 16.5 Å². The van der Waals surface area contributed by atoms with Crippen molar-refractivity contribution in [3.8, 4) is 0 Å². The minimum atomic E-state index is -0.420. The summed E-state index contributed by atoms with van der Waals surface area (Å²) >= 11 is 6.31. The van der Waals surface area contributed by atoms with Crippen molar-refractivity contribution in [1.82, 2.24) is 14.5 Å². The predicted molar refractivity (Wildman–Crippen MR) is 62.6 cm³/mol. The third-order valence-electron chi connectivity index (χ3n) is 2.96. The molecule has 1 aliphatic heterocycles. The molecule has 5 nitrogen and oxygen atoms in total. The van der Waals surface area contributed by atoms with Crippen molar-refractivity contribution in [2.45, 2.75) is 26.4 Å². The Hall–Kier alpha value is -1.17. The van der Waals surface area contributed by atoms with Gasteiger partial charge in [-0.2, -0.15) is 0 Å². The first kappa shape index (κ1) is 11.0. The third-order valence-corrected chi connectivity index (χ3v) is 3.36. The van der Waals surface area contributed by atoms with Crippen LogP contribution in [0.4, 0.5) is 0 Å². The van der Waals surface area contributed by atoms with Crippen molar-refractivity contribution in [2.24, 2.45) is 7.05 Å². The second kappa shape index (κ2) is 3.66. The zero-order valence-electron chi connectivity index (χ0n) is 9.77. The van der Waals surface area contributed by atoms with E-state index >= 15 is 0 Å². The summed E-state index contributed by atoms with van der Waals surface area (Å²) in [4.78, 5) is 8.74. The first-order valence-electron chi connectivity index (χ1n) is 5.36. The molecule has 0 saturated carbocycles.